The quantitative estimate of drug-likeness (QED) is 0.274. The summed E-state index contributed by atoms with van der Waals surface area (Å²) in [5.41, 5.74) is 6.11. The minimum Gasteiger partial charge on any atom is -0.460 e. The molecule has 2 aromatic heterocycles. The number of hydrogen-bond donors (Lipinski definition) is 1. The molecule has 0 bridgehead atoms. The number of aromatic nitrogens is 2. The predicted octanol–water partition coefficient (Wildman–Crippen LogP) is 4.59. The summed E-state index contributed by atoms with van der Waals surface area (Å²) in [7, 11) is 4.02. The molecule has 4 aromatic rings. The molecule has 39 heavy (non-hydrogen) atoms. The number of aliphatic hydroxyl groups is 1. The van der Waals surface area contributed by atoms with Crippen molar-refractivity contribution in [3.05, 3.63) is 86.7 Å². The molecule has 0 radical (unpaired) electrons. The fourth-order valence-corrected chi connectivity index (χ4v) is 5.65. The first-order valence-corrected chi connectivity index (χ1v) is 13.1. The molecule has 1 N–H and O–H groups in total. The first kappa shape index (κ1) is 25.0. The number of pyridine rings is 2. The Morgan fingerprint density at radius 1 is 1.15 bits per heavy atom. The van der Waals surface area contributed by atoms with Crippen LogP contribution in [0.2, 0.25) is 0 Å². The number of anilines is 1. The molecule has 6 rings (SSSR count). The first-order valence-electron chi connectivity index (χ1n) is 13.1. The lowest BCUT2D eigenvalue weighted by Gasteiger charge is -2.26. The molecule has 198 valence electrons. The van der Waals surface area contributed by atoms with Crippen molar-refractivity contribution in [2.45, 2.75) is 45.4 Å². The largest absolute Gasteiger partial charge is 0.460 e. The number of hydrogen-bond acceptors (Lipinski definition) is 7. The minimum absolute atomic E-state index is 0.144. The molecule has 2 aliphatic rings. The van der Waals surface area contributed by atoms with Gasteiger partial charge in [0, 0.05) is 36.9 Å². The molecule has 0 aliphatic carbocycles. The van der Waals surface area contributed by atoms with E-state index in [-0.39, 0.29) is 25.0 Å². The van der Waals surface area contributed by atoms with Crippen LogP contribution in [-0.2, 0) is 28.3 Å². The van der Waals surface area contributed by atoms with Gasteiger partial charge in [-0.05, 0) is 60.4 Å². The summed E-state index contributed by atoms with van der Waals surface area (Å²) in [6.07, 6.45) is 1.95. The van der Waals surface area contributed by atoms with Crippen LogP contribution in [0.5, 0.6) is 0 Å². The van der Waals surface area contributed by atoms with Crippen LogP contribution in [-0.4, -0.2) is 40.9 Å². The summed E-state index contributed by atoms with van der Waals surface area (Å²) >= 11 is 0. The number of aryl methyl sites for hydroxylation is 1. The molecule has 2 aromatic carbocycles. The van der Waals surface area contributed by atoms with E-state index in [1.807, 2.05) is 63.6 Å². The maximum Gasteiger partial charge on any atom is 0.309 e. The van der Waals surface area contributed by atoms with Gasteiger partial charge >= 0.3 is 5.97 Å². The smallest absolute Gasteiger partial charge is 0.309 e. The minimum atomic E-state index is -1.46. The highest BCUT2D eigenvalue weighted by Crippen LogP contribution is 2.41. The van der Waals surface area contributed by atoms with Crippen LogP contribution >= 0.6 is 0 Å². The van der Waals surface area contributed by atoms with Gasteiger partial charge in [0.2, 0.25) is 0 Å². The van der Waals surface area contributed by atoms with E-state index in [9.17, 15) is 14.7 Å². The fourth-order valence-electron chi connectivity index (χ4n) is 5.65. The third-order valence-corrected chi connectivity index (χ3v) is 7.99. The van der Waals surface area contributed by atoms with Crippen molar-refractivity contribution >= 4 is 34.5 Å². The molecular weight excluding hydrogens is 492 g/mol. The summed E-state index contributed by atoms with van der Waals surface area (Å²) < 4.78 is 6.96. The Morgan fingerprint density at radius 3 is 2.64 bits per heavy atom. The van der Waals surface area contributed by atoms with E-state index in [2.05, 4.69) is 17.0 Å². The predicted molar refractivity (Wildman–Crippen MR) is 152 cm³/mol. The van der Waals surface area contributed by atoms with Gasteiger partial charge in [-0.1, -0.05) is 25.1 Å². The third kappa shape index (κ3) is 4.03. The van der Waals surface area contributed by atoms with Gasteiger partial charge in [-0.2, -0.15) is 0 Å². The average Bonchev–Trinajstić information content (AvgIpc) is 3.24. The number of fused-ring (bicyclic) bond motifs is 5. The SMILES string of the molecule is CC[C@]1(O)CC(=O)OCc2c1cc1n(c2=O)Cc2c-1nc1cccc(N=Cc3ccc(N(C)C)cc3)c1c2C. The lowest BCUT2D eigenvalue weighted by atomic mass is 9.85. The zero-order chi connectivity index (χ0) is 27.5. The van der Waals surface area contributed by atoms with Crippen molar-refractivity contribution in [1.29, 1.82) is 0 Å². The molecule has 4 heterocycles. The molecule has 0 spiro atoms. The second-order valence-corrected chi connectivity index (χ2v) is 10.5. The zero-order valence-electron chi connectivity index (χ0n) is 22.5. The van der Waals surface area contributed by atoms with Gasteiger partial charge in [0.15, 0.2) is 0 Å². The number of aliphatic imine (C=N–C) groups is 1. The van der Waals surface area contributed by atoms with Crippen molar-refractivity contribution < 1.29 is 14.6 Å². The van der Waals surface area contributed by atoms with Crippen LogP contribution in [0.15, 0.2) is 58.3 Å². The van der Waals surface area contributed by atoms with Crippen LogP contribution in [0.4, 0.5) is 11.4 Å². The third-order valence-electron chi connectivity index (χ3n) is 7.99. The second-order valence-electron chi connectivity index (χ2n) is 10.5. The molecule has 0 unspecified atom stereocenters. The molecule has 1 atom stereocenters. The van der Waals surface area contributed by atoms with Gasteiger partial charge in [0.1, 0.15) is 12.2 Å². The van der Waals surface area contributed by atoms with Crippen molar-refractivity contribution in [3.63, 3.8) is 0 Å². The highest BCUT2D eigenvalue weighted by atomic mass is 16.5. The number of cyclic esters (lactones) is 1. The van der Waals surface area contributed by atoms with E-state index in [0.29, 0.717) is 23.4 Å². The van der Waals surface area contributed by atoms with Crippen LogP contribution in [0.25, 0.3) is 22.3 Å². The number of carbonyl (C=O) groups is 1. The lowest BCUT2D eigenvalue weighted by molar-refractivity contribution is -0.149. The molecule has 0 saturated heterocycles. The van der Waals surface area contributed by atoms with Gasteiger partial charge in [0.25, 0.3) is 5.56 Å². The second kappa shape index (κ2) is 9.17. The number of nitrogens with zero attached hydrogens (tertiary/aromatic N) is 4. The van der Waals surface area contributed by atoms with E-state index in [1.165, 1.54) is 0 Å². The maximum absolute atomic E-state index is 13.6. The van der Waals surface area contributed by atoms with Gasteiger partial charge < -0.3 is 19.3 Å². The Kier molecular flexibility index (Phi) is 5.88. The van der Waals surface area contributed by atoms with Gasteiger partial charge in [-0.25, -0.2) is 4.98 Å². The average molecular weight is 523 g/mol. The van der Waals surface area contributed by atoms with Crippen molar-refractivity contribution in [1.82, 2.24) is 9.55 Å². The number of benzene rings is 2. The Morgan fingerprint density at radius 2 is 1.92 bits per heavy atom. The number of rotatable bonds is 4. The fraction of sp³-hybridized carbons (Fsp3) is 0.290. The van der Waals surface area contributed by atoms with Gasteiger partial charge in [-0.3, -0.25) is 14.6 Å². The van der Waals surface area contributed by atoms with Crippen molar-refractivity contribution in [2.24, 2.45) is 4.99 Å². The Hall–Kier alpha value is -4.30. The summed E-state index contributed by atoms with van der Waals surface area (Å²) in [5, 5.41) is 12.3. The summed E-state index contributed by atoms with van der Waals surface area (Å²) in [6.45, 7) is 4.05. The standard InChI is InChI=1S/C31H30N4O4/c1-5-31(38)14-27(36)39-17-22-23(31)13-26-29-21(16-35(26)30(22)37)18(2)28-24(7-6-8-25(28)33-29)32-15-19-9-11-20(12-10-19)34(3)4/h6-13,15,38H,5,14,16-17H2,1-4H3/t31-/m0/s1. The molecule has 0 saturated carbocycles. The molecule has 0 amide bonds. The maximum atomic E-state index is 13.6. The van der Waals surface area contributed by atoms with Gasteiger partial charge in [0.05, 0.1) is 41.1 Å². The van der Waals surface area contributed by atoms with Crippen LogP contribution in [0.1, 0.15) is 47.6 Å². The van der Waals surface area contributed by atoms with Crippen LogP contribution < -0.4 is 10.5 Å². The van der Waals surface area contributed by atoms with Crippen molar-refractivity contribution in [3.8, 4) is 11.4 Å². The van der Waals surface area contributed by atoms with Crippen LogP contribution in [0, 0.1) is 6.92 Å². The molecule has 8 nitrogen and oxygen atoms in total. The zero-order valence-corrected chi connectivity index (χ0v) is 22.5. The highest BCUT2D eigenvalue weighted by Gasteiger charge is 2.39. The van der Waals surface area contributed by atoms with Crippen LogP contribution in [0.3, 0.4) is 0 Å². The summed E-state index contributed by atoms with van der Waals surface area (Å²) in [6, 6.07) is 15.9. The Bertz CT molecular complexity index is 1740. The number of carbonyl (C=O) groups excluding carboxylic acids is 1. The highest BCUT2D eigenvalue weighted by molar-refractivity contribution is 5.98. The van der Waals surface area contributed by atoms with E-state index in [4.69, 9.17) is 14.7 Å². The Labute approximate surface area is 226 Å². The van der Waals surface area contributed by atoms with E-state index in [1.54, 1.807) is 11.5 Å². The van der Waals surface area contributed by atoms with E-state index >= 15 is 0 Å². The molecule has 0 fully saturated rings. The topological polar surface area (TPSA) is 97.0 Å². The monoisotopic (exact) mass is 522 g/mol. The number of esters is 1. The summed E-state index contributed by atoms with van der Waals surface area (Å²) in [4.78, 5) is 37.7. The molecular formula is C31H30N4O4. The van der Waals surface area contributed by atoms with Gasteiger partial charge in [-0.15, -0.1) is 0 Å². The normalized spacial score (nSPS) is 18.0. The summed E-state index contributed by atoms with van der Waals surface area (Å²) in [5.74, 6) is -0.512. The van der Waals surface area contributed by atoms with Crippen molar-refractivity contribution in [2.75, 3.05) is 19.0 Å². The Balaban J connectivity index is 1.47. The molecule has 8 heteroatoms. The first-order chi connectivity index (χ1) is 18.7. The van der Waals surface area contributed by atoms with E-state index in [0.717, 1.165) is 44.7 Å². The van der Waals surface area contributed by atoms with E-state index < -0.39 is 11.6 Å². The lowest BCUT2D eigenvalue weighted by Crippen LogP contribution is -2.32. The number of ether oxygens (including phenoxy) is 1. The molecule has 2 aliphatic heterocycles.